The zero-order chi connectivity index (χ0) is 9.19. The molecule has 1 aliphatic heterocycles. The number of rotatable bonds is 2. The average Bonchev–Trinajstić information content (AvgIpc) is 2.34. The van der Waals surface area contributed by atoms with Crippen LogP contribution in [0, 0.1) is 5.21 Å². The number of esters is 1. The Hall–Kier alpha value is -1.06. The maximum atomic E-state index is 11.3. The second-order valence-corrected chi connectivity index (χ2v) is 3.04. The van der Waals surface area contributed by atoms with E-state index in [0.717, 1.165) is 0 Å². The first-order valence-corrected chi connectivity index (χ1v) is 4.08. The lowest BCUT2D eigenvalue weighted by molar-refractivity contribution is -0.518. The summed E-state index contributed by atoms with van der Waals surface area (Å²) in [6.45, 7) is 3.67. The number of ether oxygens (including phenoxy) is 1. The van der Waals surface area contributed by atoms with Crippen molar-refractivity contribution in [2.45, 2.75) is 32.2 Å². The zero-order valence-corrected chi connectivity index (χ0v) is 7.37. The largest absolute Gasteiger partial charge is 0.623 e. The first kappa shape index (κ1) is 9.03. The molecule has 0 aromatic carbocycles. The van der Waals surface area contributed by atoms with Crippen molar-refractivity contribution in [2.24, 2.45) is 0 Å². The molecule has 1 rings (SSSR count). The smallest absolute Gasteiger partial charge is 0.379 e. The van der Waals surface area contributed by atoms with E-state index in [1.165, 1.54) is 6.21 Å². The Morgan fingerprint density at radius 2 is 2.50 bits per heavy atom. The lowest BCUT2D eigenvalue weighted by Crippen LogP contribution is -2.42. The van der Waals surface area contributed by atoms with Crippen molar-refractivity contribution in [3.05, 3.63) is 5.21 Å². The van der Waals surface area contributed by atoms with Crippen LogP contribution in [0.15, 0.2) is 0 Å². The number of carbonyl (C=O) groups excluding carboxylic acids is 1. The van der Waals surface area contributed by atoms with Crippen molar-refractivity contribution < 1.29 is 14.3 Å². The fourth-order valence-electron chi connectivity index (χ4n) is 1.25. The minimum absolute atomic E-state index is 0.322. The summed E-state index contributed by atoms with van der Waals surface area (Å²) in [6, 6.07) is 0. The summed E-state index contributed by atoms with van der Waals surface area (Å²) in [7, 11) is 0. The van der Waals surface area contributed by atoms with E-state index in [4.69, 9.17) is 4.74 Å². The summed E-state index contributed by atoms with van der Waals surface area (Å²) >= 11 is 0. The van der Waals surface area contributed by atoms with Gasteiger partial charge in [-0.1, -0.05) is 0 Å². The molecule has 0 radical (unpaired) electrons. The van der Waals surface area contributed by atoms with Gasteiger partial charge >= 0.3 is 5.97 Å². The summed E-state index contributed by atoms with van der Waals surface area (Å²) < 4.78 is 5.50. The number of nitrogens with zero attached hydrogens (tertiary/aromatic N) is 1. The molecule has 4 heteroatoms. The van der Waals surface area contributed by atoms with E-state index in [2.05, 4.69) is 0 Å². The zero-order valence-electron chi connectivity index (χ0n) is 7.37. The van der Waals surface area contributed by atoms with Gasteiger partial charge in [0, 0.05) is 19.8 Å². The van der Waals surface area contributed by atoms with E-state index in [-0.39, 0.29) is 0 Å². The third kappa shape index (κ3) is 1.29. The highest BCUT2D eigenvalue weighted by molar-refractivity contribution is 5.81. The van der Waals surface area contributed by atoms with Gasteiger partial charge in [-0.25, -0.2) is 4.79 Å². The Bertz CT molecular complexity index is 224. The number of hydrogen-bond acceptors (Lipinski definition) is 3. The SMILES string of the molecule is CCOC(=O)[C@@]1(C)CCC=[N+]1[O-]. The van der Waals surface area contributed by atoms with Crippen LogP contribution in [0.3, 0.4) is 0 Å². The molecule has 0 fully saturated rings. The van der Waals surface area contributed by atoms with Gasteiger partial charge in [0.05, 0.1) is 6.61 Å². The minimum Gasteiger partial charge on any atom is -0.623 e. The summed E-state index contributed by atoms with van der Waals surface area (Å²) in [5, 5.41) is 11.2. The molecule has 0 saturated carbocycles. The van der Waals surface area contributed by atoms with Crippen LogP contribution in [0.1, 0.15) is 26.7 Å². The number of hydrogen-bond donors (Lipinski definition) is 0. The molecule has 1 atom stereocenters. The van der Waals surface area contributed by atoms with Crippen LogP contribution < -0.4 is 0 Å². The molecule has 1 heterocycles. The molecule has 0 bridgehead atoms. The highest BCUT2D eigenvalue weighted by atomic mass is 16.5. The highest BCUT2D eigenvalue weighted by Crippen LogP contribution is 2.22. The van der Waals surface area contributed by atoms with Gasteiger partial charge in [0.1, 0.15) is 0 Å². The van der Waals surface area contributed by atoms with Gasteiger partial charge in [0.25, 0.3) is 5.54 Å². The normalized spacial score (nSPS) is 28.3. The molecule has 0 spiro atoms. The van der Waals surface area contributed by atoms with Crippen LogP contribution in [0.2, 0.25) is 0 Å². The molecule has 0 saturated heterocycles. The summed E-state index contributed by atoms with van der Waals surface area (Å²) in [5.74, 6) is -0.422. The summed E-state index contributed by atoms with van der Waals surface area (Å²) in [6.07, 6.45) is 2.69. The first-order chi connectivity index (χ1) is 5.61. The second-order valence-electron chi connectivity index (χ2n) is 3.04. The Morgan fingerprint density at radius 1 is 1.83 bits per heavy atom. The van der Waals surface area contributed by atoms with Crippen LogP contribution in [0.5, 0.6) is 0 Å². The van der Waals surface area contributed by atoms with E-state index >= 15 is 0 Å². The van der Waals surface area contributed by atoms with Crippen molar-refractivity contribution in [3.8, 4) is 0 Å². The van der Waals surface area contributed by atoms with Crippen LogP contribution in [0.25, 0.3) is 0 Å². The van der Waals surface area contributed by atoms with Gasteiger partial charge < -0.3 is 9.94 Å². The van der Waals surface area contributed by atoms with Crippen LogP contribution in [0.4, 0.5) is 0 Å². The maximum absolute atomic E-state index is 11.3. The van der Waals surface area contributed by atoms with E-state index < -0.39 is 11.5 Å². The standard InChI is InChI=1S/C8H13NO3/c1-3-12-7(10)8(2)5-4-6-9(8)11/h6H,3-5H2,1-2H3/t8-/m1/s1. The second kappa shape index (κ2) is 3.13. The number of carbonyl (C=O) groups is 1. The van der Waals surface area contributed by atoms with Gasteiger partial charge in [-0.3, -0.25) is 0 Å². The van der Waals surface area contributed by atoms with Crippen LogP contribution >= 0.6 is 0 Å². The molecule has 12 heavy (non-hydrogen) atoms. The molecular weight excluding hydrogens is 158 g/mol. The fraction of sp³-hybridized carbons (Fsp3) is 0.750. The Labute approximate surface area is 71.4 Å². The van der Waals surface area contributed by atoms with Crippen molar-refractivity contribution in [1.29, 1.82) is 0 Å². The van der Waals surface area contributed by atoms with Gasteiger partial charge in [-0.15, -0.1) is 0 Å². The Kier molecular flexibility index (Phi) is 2.35. The van der Waals surface area contributed by atoms with E-state index in [1.807, 2.05) is 0 Å². The van der Waals surface area contributed by atoms with Gasteiger partial charge in [0.2, 0.25) is 0 Å². The van der Waals surface area contributed by atoms with Crippen molar-refractivity contribution in [2.75, 3.05) is 6.61 Å². The molecule has 1 aliphatic rings. The molecule has 0 aromatic heterocycles. The van der Waals surface area contributed by atoms with Crippen LogP contribution in [-0.2, 0) is 9.53 Å². The molecule has 0 aliphatic carbocycles. The predicted octanol–water partition coefficient (Wildman–Crippen LogP) is 0.683. The quantitative estimate of drug-likeness (QED) is 0.349. The predicted molar refractivity (Wildman–Crippen MR) is 44.0 cm³/mol. The summed E-state index contributed by atoms with van der Waals surface area (Å²) in [4.78, 5) is 11.3. The van der Waals surface area contributed by atoms with Gasteiger partial charge in [0.15, 0.2) is 6.21 Å². The molecule has 4 nitrogen and oxygen atoms in total. The van der Waals surface area contributed by atoms with E-state index in [1.54, 1.807) is 13.8 Å². The van der Waals surface area contributed by atoms with Gasteiger partial charge in [-0.2, -0.15) is 4.74 Å². The lowest BCUT2D eigenvalue weighted by atomic mass is 10.0. The molecule has 0 N–H and O–H groups in total. The third-order valence-electron chi connectivity index (χ3n) is 2.13. The van der Waals surface area contributed by atoms with Crippen molar-refractivity contribution in [3.63, 3.8) is 0 Å². The third-order valence-corrected chi connectivity index (χ3v) is 2.13. The van der Waals surface area contributed by atoms with Crippen molar-refractivity contribution in [1.82, 2.24) is 0 Å². The molecule has 0 aromatic rings. The van der Waals surface area contributed by atoms with Crippen molar-refractivity contribution >= 4 is 12.2 Å². The van der Waals surface area contributed by atoms with Crippen LogP contribution in [-0.4, -0.2) is 29.1 Å². The maximum Gasteiger partial charge on any atom is 0.379 e. The lowest BCUT2D eigenvalue weighted by Gasteiger charge is -2.20. The molecular formula is C8H13NO3. The average molecular weight is 171 g/mol. The highest BCUT2D eigenvalue weighted by Gasteiger charge is 2.46. The topological polar surface area (TPSA) is 52.4 Å². The van der Waals surface area contributed by atoms with Gasteiger partial charge in [-0.05, 0) is 6.92 Å². The molecule has 0 unspecified atom stereocenters. The van der Waals surface area contributed by atoms with E-state index in [0.29, 0.717) is 24.2 Å². The van der Waals surface area contributed by atoms with E-state index in [9.17, 15) is 10.0 Å². The summed E-state index contributed by atoms with van der Waals surface area (Å²) in [5.41, 5.74) is -0.976. The number of hydroxylamine groups is 1. The first-order valence-electron chi connectivity index (χ1n) is 4.08. The molecule has 0 amide bonds. The minimum atomic E-state index is -0.976. The Balaban J connectivity index is 2.72. The molecule has 68 valence electrons. The Morgan fingerprint density at radius 3 is 2.92 bits per heavy atom. The fourth-order valence-corrected chi connectivity index (χ4v) is 1.25. The monoisotopic (exact) mass is 171 g/mol.